The summed E-state index contributed by atoms with van der Waals surface area (Å²) < 4.78 is 22.8. The first kappa shape index (κ1) is 17.5. The van der Waals surface area contributed by atoms with Crippen LogP contribution in [-0.4, -0.2) is 38.9 Å². The Hall–Kier alpha value is -1.58. The minimum absolute atomic E-state index is 0. The maximum atomic E-state index is 11.3. The number of hydrogen-bond donors (Lipinski definition) is 2. The summed E-state index contributed by atoms with van der Waals surface area (Å²) in [4.78, 5) is 23.3. The fourth-order valence-corrected chi connectivity index (χ4v) is 2.47. The number of ether oxygens (including phenoxy) is 1. The van der Waals surface area contributed by atoms with Gasteiger partial charge in [-0.1, -0.05) is 0 Å². The predicted molar refractivity (Wildman–Crippen MR) is 75.8 cm³/mol. The van der Waals surface area contributed by atoms with Gasteiger partial charge in [0.2, 0.25) is 0 Å². The molecule has 2 heterocycles. The number of imidazole rings is 1. The van der Waals surface area contributed by atoms with Gasteiger partial charge in [0.15, 0.2) is 11.5 Å². The topological polar surface area (TPSA) is 165 Å². The molecule has 11 heteroatoms. The molecule has 0 aliphatic heterocycles. The molecule has 0 saturated carbocycles. The van der Waals surface area contributed by atoms with Crippen molar-refractivity contribution in [1.82, 2.24) is 25.7 Å². The average molecular weight is 318 g/mol. The van der Waals surface area contributed by atoms with E-state index in [4.69, 9.17) is 10.5 Å². The van der Waals surface area contributed by atoms with E-state index in [1.165, 1.54) is 12.7 Å². The second-order valence-corrected chi connectivity index (χ2v) is 5.86. The molecule has 0 amide bonds. The van der Waals surface area contributed by atoms with Crippen LogP contribution in [0.25, 0.3) is 11.2 Å². The Labute approximate surface area is 121 Å². The lowest BCUT2D eigenvalue weighted by Crippen LogP contribution is -2.13. The average Bonchev–Trinajstić information content (AvgIpc) is 2.79. The molecule has 1 unspecified atom stereocenters. The third-order valence-corrected chi connectivity index (χ3v) is 3.88. The molecule has 0 radical (unpaired) electrons. The molecule has 21 heavy (non-hydrogen) atoms. The third kappa shape index (κ3) is 4.45. The van der Waals surface area contributed by atoms with E-state index in [-0.39, 0.29) is 38.1 Å². The number of nitrogens with two attached hydrogens (primary N) is 1. The molecule has 6 N–H and O–H groups in total. The highest BCUT2D eigenvalue weighted by atomic mass is 31.2. The Kier molecular flexibility index (Phi) is 6.19. The van der Waals surface area contributed by atoms with Crippen molar-refractivity contribution in [2.75, 3.05) is 25.1 Å². The molecule has 2 rings (SSSR count). The lowest BCUT2D eigenvalue weighted by atomic mass is 10.5. The van der Waals surface area contributed by atoms with E-state index in [0.29, 0.717) is 11.2 Å². The largest absolute Gasteiger partial charge is 0.778 e. The number of quaternary nitrogens is 1. The number of hydrogen-bond acceptors (Lipinski definition) is 8. The van der Waals surface area contributed by atoms with Crippen molar-refractivity contribution in [2.24, 2.45) is 0 Å². The van der Waals surface area contributed by atoms with Crippen LogP contribution in [0.3, 0.4) is 0 Å². The zero-order valence-electron chi connectivity index (χ0n) is 11.9. The van der Waals surface area contributed by atoms with Gasteiger partial charge in [-0.3, -0.25) is 4.57 Å². The van der Waals surface area contributed by atoms with Crippen LogP contribution in [0, 0.1) is 0 Å². The van der Waals surface area contributed by atoms with Crippen molar-refractivity contribution >= 4 is 24.6 Å². The molecule has 0 fully saturated rings. The van der Waals surface area contributed by atoms with Gasteiger partial charge in [0.1, 0.15) is 26.2 Å². The van der Waals surface area contributed by atoms with E-state index >= 15 is 0 Å². The maximum absolute atomic E-state index is 11.3. The number of rotatable bonds is 7. The Balaban J connectivity index is 0.00000220. The van der Waals surface area contributed by atoms with Gasteiger partial charge in [0.05, 0.1) is 19.5 Å². The van der Waals surface area contributed by atoms with Crippen molar-refractivity contribution in [3.63, 3.8) is 0 Å². The number of aromatic nitrogens is 4. The zero-order chi connectivity index (χ0) is 14.6. The molecule has 2 aromatic rings. The summed E-state index contributed by atoms with van der Waals surface area (Å²) in [6.07, 6.45) is 2.66. The third-order valence-electron chi connectivity index (χ3n) is 2.50. The van der Waals surface area contributed by atoms with Crippen molar-refractivity contribution in [3.05, 3.63) is 12.7 Å². The van der Waals surface area contributed by atoms with Crippen LogP contribution < -0.4 is 16.8 Å². The number of nitrogen functional groups attached to an aromatic ring is 1. The van der Waals surface area contributed by atoms with Crippen LogP contribution in [-0.2, 0) is 20.6 Å². The smallest absolute Gasteiger partial charge is 0.167 e. The van der Waals surface area contributed by atoms with Crippen molar-refractivity contribution in [2.45, 2.75) is 13.7 Å². The molecule has 0 saturated heterocycles. The van der Waals surface area contributed by atoms with E-state index in [1.54, 1.807) is 11.5 Å². The number of fused-ring (bicyclic) bond motifs is 1. The van der Waals surface area contributed by atoms with Crippen LogP contribution >= 0.6 is 7.60 Å². The standard InChI is InChI=1S/C10H16N5O4P.H3N/c1-2-19-20(16,17)4-3-18-7-15-6-14-8-9(11)12-5-13-10(8)15;/h5-6H,2-4,7H2,1H3,(H,16,17)(H2,11,12,13);1H3. The first-order valence-corrected chi connectivity index (χ1v) is 7.70. The quantitative estimate of drug-likeness (QED) is 0.545. The van der Waals surface area contributed by atoms with E-state index in [0.717, 1.165) is 0 Å². The van der Waals surface area contributed by atoms with Crippen molar-refractivity contribution in [1.29, 1.82) is 0 Å². The normalized spacial score (nSPS) is 13.8. The van der Waals surface area contributed by atoms with E-state index in [1.807, 2.05) is 0 Å². The van der Waals surface area contributed by atoms with Crippen LogP contribution in [0.1, 0.15) is 6.92 Å². The van der Waals surface area contributed by atoms with E-state index in [2.05, 4.69) is 19.5 Å². The SMILES string of the molecule is CCOP(=O)([O-])CCOCn1cnc2c(N)ncnc21.[NH4+]. The van der Waals surface area contributed by atoms with E-state index < -0.39 is 7.60 Å². The van der Waals surface area contributed by atoms with Gasteiger partial charge >= 0.3 is 0 Å². The van der Waals surface area contributed by atoms with Crippen LogP contribution in [0.15, 0.2) is 12.7 Å². The lowest BCUT2D eigenvalue weighted by molar-refractivity contribution is -0.198. The fraction of sp³-hybridized carbons (Fsp3) is 0.500. The Morgan fingerprint density at radius 3 is 2.90 bits per heavy atom. The first-order valence-electron chi connectivity index (χ1n) is 5.97. The van der Waals surface area contributed by atoms with Crippen molar-refractivity contribution < 1.29 is 18.7 Å². The summed E-state index contributed by atoms with van der Waals surface area (Å²) in [5.41, 5.74) is 6.67. The molecule has 0 aromatic carbocycles. The second-order valence-electron chi connectivity index (χ2n) is 3.94. The summed E-state index contributed by atoms with van der Waals surface area (Å²) in [7, 11) is -3.80. The lowest BCUT2D eigenvalue weighted by Gasteiger charge is -2.22. The highest BCUT2D eigenvalue weighted by molar-refractivity contribution is 7.51. The molecule has 2 aromatic heterocycles. The molecule has 0 aliphatic rings. The van der Waals surface area contributed by atoms with Gasteiger partial charge in [-0.25, -0.2) is 15.0 Å². The summed E-state index contributed by atoms with van der Waals surface area (Å²) in [5, 5.41) is 0. The summed E-state index contributed by atoms with van der Waals surface area (Å²) >= 11 is 0. The Morgan fingerprint density at radius 1 is 1.43 bits per heavy atom. The zero-order valence-corrected chi connectivity index (χ0v) is 12.8. The first-order chi connectivity index (χ1) is 9.53. The number of nitrogens with zero attached hydrogens (tertiary/aromatic N) is 4. The molecular weight excluding hydrogens is 299 g/mol. The Morgan fingerprint density at radius 2 is 2.19 bits per heavy atom. The summed E-state index contributed by atoms with van der Waals surface area (Å²) in [6.45, 7) is 1.90. The van der Waals surface area contributed by atoms with Crippen LogP contribution in [0.2, 0.25) is 0 Å². The molecule has 1 atom stereocenters. The molecule has 10 nitrogen and oxygen atoms in total. The minimum atomic E-state index is -3.80. The molecule has 0 spiro atoms. The molecule has 118 valence electrons. The van der Waals surface area contributed by atoms with Gasteiger partial charge < -0.3 is 30.6 Å². The van der Waals surface area contributed by atoms with Gasteiger partial charge in [0, 0.05) is 6.16 Å². The Bertz CT molecular complexity index is 633. The van der Waals surface area contributed by atoms with Crippen LogP contribution in [0.5, 0.6) is 0 Å². The highest BCUT2D eigenvalue weighted by Gasteiger charge is 2.09. The summed E-state index contributed by atoms with van der Waals surface area (Å²) in [6, 6.07) is 0. The monoisotopic (exact) mass is 318 g/mol. The highest BCUT2D eigenvalue weighted by Crippen LogP contribution is 2.35. The summed E-state index contributed by atoms with van der Waals surface area (Å²) in [5.74, 6) is 0.286. The van der Waals surface area contributed by atoms with Crippen LogP contribution in [0.4, 0.5) is 5.82 Å². The maximum Gasteiger partial charge on any atom is 0.167 e. The van der Waals surface area contributed by atoms with Gasteiger partial charge in [-0.2, -0.15) is 0 Å². The van der Waals surface area contributed by atoms with E-state index in [9.17, 15) is 9.46 Å². The van der Waals surface area contributed by atoms with Gasteiger partial charge in [0.25, 0.3) is 0 Å². The number of anilines is 1. The fourth-order valence-electron chi connectivity index (χ4n) is 1.59. The molecule has 0 bridgehead atoms. The molecular formula is C10H19N6O4P. The van der Waals surface area contributed by atoms with Crippen molar-refractivity contribution in [3.8, 4) is 0 Å². The second kappa shape index (κ2) is 7.43. The van der Waals surface area contributed by atoms with Gasteiger partial charge in [-0.15, -0.1) is 0 Å². The predicted octanol–water partition coefficient (Wildman–Crippen LogP) is 0.349. The van der Waals surface area contributed by atoms with Gasteiger partial charge in [-0.05, 0) is 6.92 Å². The minimum Gasteiger partial charge on any atom is -0.778 e. The molecule has 0 aliphatic carbocycles.